The first-order chi connectivity index (χ1) is 14.9. The van der Waals surface area contributed by atoms with Crippen molar-refractivity contribution >= 4 is 23.2 Å². The summed E-state index contributed by atoms with van der Waals surface area (Å²) in [6.45, 7) is 4.09. The van der Waals surface area contributed by atoms with Crippen LogP contribution in [0.15, 0.2) is 60.7 Å². The van der Waals surface area contributed by atoms with Crippen molar-refractivity contribution in [2.75, 3.05) is 19.1 Å². The lowest BCUT2D eigenvalue weighted by Crippen LogP contribution is -2.61. The van der Waals surface area contributed by atoms with E-state index >= 15 is 0 Å². The molecule has 0 aliphatic carbocycles. The molecule has 0 saturated carbocycles. The fourth-order valence-corrected chi connectivity index (χ4v) is 3.89. The van der Waals surface area contributed by atoms with Crippen molar-refractivity contribution in [1.82, 2.24) is 0 Å². The number of amides is 1. The summed E-state index contributed by atoms with van der Waals surface area (Å²) in [5.41, 5.74) is 4.03. The molecular formula is C25H24ClNO4. The van der Waals surface area contributed by atoms with E-state index in [-0.39, 0.29) is 11.9 Å². The normalized spacial score (nSPS) is 17.8. The second-order valence-electron chi connectivity index (χ2n) is 7.53. The van der Waals surface area contributed by atoms with E-state index in [1.54, 1.807) is 43.4 Å². The summed E-state index contributed by atoms with van der Waals surface area (Å²) in [4.78, 5) is 15.0. The summed E-state index contributed by atoms with van der Waals surface area (Å²) in [5, 5.41) is 0.612. The van der Waals surface area contributed by atoms with Gasteiger partial charge in [0, 0.05) is 10.7 Å². The number of aryl methyl sites for hydroxylation is 2. The van der Waals surface area contributed by atoms with Crippen LogP contribution in [0.1, 0.15) is 22.7 Å². The molecule has 3 aromatic carbocycles. The summed E-state index contributed by atoms with van der Waals surface area (Å²) < 4.78 is 16.9. The Kier molecular flexibility index (Phi) is 5.79. The van der Waals surface area contributed by atoms with Crippen LogP contribution in [0.4, 0.5) is 5.69 Å². The molecule has 0 aromatic heterocycles. The van der Waals surface area contributed by atoms with Crippen molar-refractivity contribution in [3.05, 3.63) is 82.4 Å². The first-order valence-corrected chi connectivity index (χ1v) is 10.3. The van der Waals surface area contributed by atoms with Gasteiger partial charge in [-0.1, -0.05) is 23.7 Å². The lowest BCUT2D eigenvalue weighted by molar-refractivity contribution is -0.135. The van der Waals surface area contributed by atoms with Gasteiger partial charge in [-0.2, -0.15) is 0 Å². The first-order valence-electron chi connectivity index (χ1n) is 9.97. The molecule has 1 fully saturated rings. The number of benzene rings is 3. The SMILES string of the molecule is COc1ccc(C2C(Oc3ccc(Cl)cc3)C(=O)N2c2ccc(C)c(C)c2)cc1OC. The fraction of sp³-hybridized carbons (Fsp3) is 0.240. The average Bonchev–Trinajstić information content (AvgIpc) is 2.78. The van der Waals surface area contributed by atoms with Gasteiger partial charge < -0.3 is 14.2 Å². The van der Waals surface area contributed by atoms with E-state index in [2.05, 4.69) is 6.92 Å². The molecule has 1 saturated heterocycles. The van der Waals surface area contributed by atoms with Crippen LogP contribution in [0.25, 0.3) is 0 Å². The number of methoxy groups -OCH3 is 2. The standard InChI is InChI=1S/C25H24ClNO4/c1-15-5-9-19(13-16(15)2)27-23(17-6-12-21(29-3)22(14-17)30-4)24(25(27)28)31-20-10-7-18(26)8-11-20/h5-14,23-24H,1-4H3. The van der Waals surface area contributed by atoms with Gasteiger partial charge >= 0.3 is 0 Å². The van der Waals surface area contributed by atoms with Crippen LogP contribution in [0.3, 0.4) is 0 Å². The molecule has 2 unspecified atom stereocenters. The number of hydrogen-bond acceptors (Lipinski definition) is 4. The van der Waals surface area contributed by atoms with Crippen molar-refractivity contribution in [3.8, 4) is 17.2 Å². The van der Waals surface area contributed by atoms with Crippen LogP contribution in [0, 0.1) is 13.8 Å². The lowest BCUT2D eigenvalue weighted by Gasteiger charge is -2.47. The van der Waals surface area contributed by atoms with Gasteiger partial charge in [0.25, 0.3) is 5.91 Å². The van der Waals surface area contributed by atoms with Crippen molar-refractivity contribution in [1.29, 1.82) is 0 Å². The molecule has 0 radical (unpaired) electrons. The zero-order chi connectivity index (χ0) is 22.1. The molecule has 4 rings (SSSR count). The third-order valence-corrected chi connectivity index (χ3v) is 5.89. The first kappa shape index (κ1) is 21.1. The minimum Gasteiger partial charge on any atom is -0.493 e. The van der Waals surface area contributed by atoms with Gasteiger partial charge in [-0.3, -0.25) is 9.69 Å². The highest BCUT2D eigenvalue weighted by Gasteiger charge is 2.51. The zero-order valence-electron chi connectivity index (χ0n) is 17.9. The Bertz CT molecular complexity index is 1110. The van der Waals surface area contributed by atoms with E-state index in [0.717, 1.165) is 16.8 Å². The highest BCUT2D eigenvalue weighted by atomic mass is 35.5. The number of anilines is 1. The van der Waals surface area contributed by atoms with Crippen molar-refractivity contribution in [2.24, 2.45) is 0 Å². The zero-order valence-corrected chi connectivity index (χ0v) is 18.6. The Hall–Kier alpha value is -3.18. The van der Waals surface area contributed by atoms with E-state index in [0.29, 0.717) is 22.3 Å². The largest absolute Gasteiger partial charge is 0.493 e. The molecule has 160 valence electrons. The molecule has 0 bridgehead atoms. The molecule has 1 aliphatic rings. The average molecular weight is 438 g/mol. The summed E-state index contributed by atoms with van der Waals surface area (Å²) in [6, 6.07) is 18.4. The Morgan fingerprint density at radius 1 is 0.839 bits per heavy atom. The van der Waals surface area contributed by atoms with Crippen LogP contribution >= 0.6 is 11.6 Å². The fourth-order valence-electron chi connectivity index (χ4n) is 3.76. The highest BCUT2D eigenvalue weighted by Crippen LogP contribution is 2.43. The van der Waals surface area contributed by atoms with Gasteiger partial charge in [0.1, 0.15) is 11.8 Å². The van der Waals surface area contributed by atoms with Crippen LogP contribution in [0.2, 0.25) is 5.02 Å². The van der Waals surface area contributed by atoms with E-state index in [1.807, 2.05) is 43.3 Å². The van der Waals surface area contributed by atoms with Gasteiger partial charge in [0.15, 0.2) is 11.5 Å². The van der Waals surface area contributed by atoms with Crippen molar-refractivity contribution in [3.63, 3.8) is 0 Å². The quantitative estimate of drug-likeness (QED) is 0.477. The van der Waals surface area contributed by atoms with Gasteiger partial charge in [0.2, 0.25) is 6.10 Å². The Labute approximate surface area is 187 Å². The number of carbonyl (C=O) groups excluding carboxylic acids is 1. The highest BCUT2D eigenvalue weighted by molar-refractivity contribution is 6.30. The summed E-state index contributed by atoms with van der Waals surface area (Å²) in [6.07, 6.45) is -0.666. The smallest absolute Gasteiger partial charge is 0.271 e. The Morgan fingerprint density at radius 2 is 1.55 bits per heavy atom. The molecular weight excluding hydrogens is 414 g/mol. The lowest BCUT2D eigenvalue weighted by atomic mass is 9.89. The summed E-state index contributed by atoms with van der Waals surface area (Å²) in [5.74, 6) is 1.72. The van der Waals surface area contributed by atoms with E-state index in [1.165, 1.54) is 5.56 Å². The van der Waals surface area contributed by atoms with Crippen molar-refractivity contribution < 1.29 is 19.0 Å². The second kappa shape index (κ2) is 8.52. The molecule has 5 nitrogen and oxygen atoms in total. The van der Waals surface area contributed by atoms with Gasteiger partial charge in [0.05, 0.1) is 14.2 Å². The minimum atomic E-state index is -0.666. The maximum absolute atomic E-state index is 13.2. The maximum Gasteiger partial charge on any atom is 0.271 e. The molecule has 0 N–H and O–H groups in total. The molecule has 6 heteroatoms. The molecule has 31 heavy (non-hydrogen) atoms. The molecule has 1 aliphatic heterocycles. The number of β-lactam (4-membered cyclic amide) rings is 1. The molecule has 1 heterocycles. The van der Waals surface area contributed by atoms with Crippen LogP contribution in [-0.4, -0.2) is 26.2 Å². The Balaban J connectivity index is 1.74. The number of halogens is 1. The Morgan fingerprint density at radius 3 is 2.19 bits per heavy atom. The van der Waals surface area contributed by atoms with E-state index < -0.39 is 6.10 Å². The number of nitrogens with zero attached hydrogens (tertiary/aromatic N) is 1. The predicted octanol–water partition coefficient (Wildman–Crippen LogP) is 5.51. The number of hydrogen-bond donors (Lipinski definition) is 0. The molecule has 3 aromatic rings. The van der Waals surface area contributed by atoms with Gasteiger partial charge in [-0.25, -0.2) is 0 Å². The number of carbonyl (C=O) groups is 1. The number of rotatable bonds is 6. The van der Waals surface area contributed by atoms with Gasteiger partial charge in [-0.05, 0) is 79.1 Å². The maximum atomic E-state index is 13.2. The third-order valence-electron chi connectivity index (χ3n) is 5.64. The minimum absolute atomic E-state index is 0.0991. The van der Waals surface area contributed by atoms with Crippen molar-refractivity contribution in [2.45, 2.75) is 26.0 Å². The molecule has 2 atom stereocenters. The number of ether oxygens (including phenoxy) is 3. The summed E-state index contributed by atoms with van der Waals surface area (Å²) in [7, 11) is 3.19. The molecule has 1 amide bonds. The van der Waals surface area contributed by atoms with Crippen LogP contribution < -0.4 is 19.1 Å². The molecule has 0 spiro atoms. The van der Waals surface area contributed by atoms with E-state index in [4.69, 9.17) is 25.8 Å². The van der Waals surface area contributed by atoms with Gasteiger partial charge in [-0.15, -0.1) is 0 Å². The summed E-state index contributed by atoms with van der Waals surface area (Å²) >= 11 is 5.99. The van der Waals surface area contributed by atoms with Crippen LogP contribution in [0.5, 0.6) is 17.2 Å². The predicted molar refractivity (Wildman–Crippen MR) is 122 cm³/mol. The monoisotopic (exact) mass is 437 g/mol. The second-order valence-corrected chi connectivity index (χ2v) is 7.96. The van der Waals surface area contributed by atoms with Crippen LogP contribution in [-0.2, 0) is 4.79 Å². The third kappa shape index (κ3) is 3.93. The van der Waals surface area contributed by atoms with E-state index in [9.17, 15) is 4.79 Å². The topological polar surface area (TPSA) is 48.0 Å².